The Bertz CT molecular complexity index is 1090. The van der Waals surface area contributed by atoms with Crippen LogP contribution in [0, 0.1) is 30.6 Å². The molecule has 8 heteroatoms. The van der Waals surface area contributed by atoms with Gasteiger partial charge in [-0.1, -0.05) is 20.8 Å². The molecule has 1 aromatic carbocycles. The van der Waals surface area contributed by atoms with Gasteiger partial charge in [-0.2, -0.15) is 0 Å². The predicted molar refractivity (Wildman–Crippen MR) is 113 cm³/mol. The highest BCUT2D eigenvalue weighted by molar-refractivity contribution is 6.28. The summed E-state index contributed by atoms with van der Waals surface area (Å²) in [4.78, 5) is 51.1. The van der Waals surface area contributed by atoms with Gasteiger partial charge in [0.25, 0.3) is 0 Å². The fourth-order valence-electron chi connectivity index (χ4n) is 5.31. The maximum atomic E-state index is 13.7. The molecule has 4 rings (SSSR count). The first kappa shape index (κ1) is 22.2. The van der Waals surface area contributed by atoms with E-state index >= 15 is 0 Å². The normalized spacial score (nSPS) is 32.7. The zero-order chi connectivity index (χ0) is 23.6. The molecule has 0 saturated carbocycles. The van der Waals surface area contributed by atoms with Crippen LogP contribution in [0.3, 0.4) is 0 Å². The Labute approximate surface area is 185 Å². The van der Waals surface area contributed by atoms with Crippen LogP contribution in [-0.4, -0.2) is 46.7 Å². The third kappa shape index (κ3) is 3.08. The van der Waals surface area contributed by atoms with Crippen molar-refractivity contribution in [1.82, 2.24) is 0 Å². The molecule has 1 aliphatic carbocycles. The fraction of sp³-hybridized carbons (Fsp3) is 0.500. The molecule has 0 aromatic heterocycles. The van der Waals surface area contributed by atoms with Crippen LogP contribution in [0.5, 0.6) is 5.75 Å². The van der Waals surface area contributed by atoms with Crippen molar-refractivity contribution < 1.29 is 33.8 Å². The summed E-state index contributed by atoms with van der Waals surface area (Å²) in [5, 5.41) is 10.7. The van der Waals surface area contributed by atoms with Crippen molar-refractivity contribution in [3.8, 4) is 5.75 Å². The van der Waals surface area contributed by atoms with E-state index in [4.69, 9.17) is 15.2 Å². The maximum Gasteiger partial charge on any atom is 0.311 e. The number of rotatable bonds is 3. The van der Waals surface area contributed by atoms with Crippen LogP contribution in [0.1, 0.15) is 64.3 Å². The van der Waals surface area contributed by atoms with Crippen LogP contribution in [0.15, 0.2) is 17.8 Å². The van der Waals surface area contributed by atoms with E-state index in [0.29, 0.717) is 5.56 Å². The molecule has 2 fully saturated rings. The lowest BCUT2D eigenvalue weighted by Gasteiger charge is -2.50. The average Bonchev–Trinajstić information content (AvgIpc) is 2.74. The Morgan fingerprint density at radius 2 is 1.78 bits per heavy atom. The van der Waals surface area contributed by atoms with Gasteiger partial charge < -0.3 is 20.3 Å². The summed E-state index contributed by atoms with van der Waals surface area (Å²) in [7, 11) is 0. The second-order valence-corrected chi connectivity index (χ2v) is 9.26. The van der Waals surface area contributed by atoms with Crippen molar-refractivity contribution >= 4 is 23.3 Å². The number of hydrogen-bond donors (Lipinski definition) is 2. The topological polar surface area (TPSA) is 133 Å². The summed E-state index contributed by atoms with van der Waals surface area (Å²) in [5.74, 6) is -3.88. The van der Waals surface area contributed by atoms with Crippen molar-refractivity contribution in [2.75, 3.05) is 0 Å². The van der Waals surface area contributed by atoms with E-state index in [9.17, 15) is 24.3 Å². The molecule has 8 nitrogen and oxygen atoms in total. The highest BCUT2D eigenvalue weighted by Crippen LogP contribution is 2.43. The first-order valence-electron chi connectivity index (χ1n) is 10.8. The van der Waals surface area contributed by atoms with Crippen molar-refractivity contribution in [2.45, 2.75) is 52.9 Å². The Balaban J connectivity index is 1.75. The molecule has 3 N–H and O–H groups in total. The van der Waals surface area contributed by atoms with Gasteiger partial charge in [-0.25, -0.2) is 0 Å². The summed E-state index contributed by atoms with van der Waals surface area (Å²) in [6.45, 7) is 8.77. The van der Waals surface area contributed by atoms with Crippen LogP contribution >= 0.6 is 0 Å². The van der Waals surface area contributed by atoms with E-state index in [1.165, 1.54) is 6.07 Å². The Hall–Kier alpha value is -3.00. The highest BCUT2D eigenvalue weighted by Gasteiger charge is 2.53. The zero-order valence-corrected chi connectivity index (χ0v) is 18.7. The standard InChI is InChI=1S/C24H27NO7/c1-8-6-13-16(15(26)7-14(25)20(13)29)17(18(8)27)19(28)9(2)21-10(3)22-11(4)23(31-21)12(5)24(30)32-22/h6-7,9-12,21-23,27H,25H2,1-5H3/t9-,10+,11-,12+,21+,22+,23-/m1/s1. The van der Waals surface area contributed by atoms with Crippen LogP contribution in [0.4, 0.5) is 0 Å². The van der Waals surface area contributed by atoms with E-state index in [-0.39, 0.29) is 45.9 Å². The number of ether oxygens (including phenoxy) is 2. The monoisotopic (exact) mass is 441 g/mol. The van der Waals surface area contributed by atoms with Gasteiger partial charge in [0.1, 0.15) is 11.9 Å². The van der Waals surface area contributed by atoms with Crippen LogP contribution in [0.2, 0.25) is 0 Å². The third-order valence-corrected chi connectivity index (χ3v) is 7.19. The SMILES string of the molecule is Cc1cc2c(c(C(=O)[C@@H](C)[C@@H]3O[C@@H]4[C@H](C)[C@@H](OC(=O)[C@H]4C)[C@H]3C)c1O)C(=O)C=C(N)C2=O. The van der Waals surface area contributed by atoms with Gasteiger partial charge in [-0.3, -0.25) is 19.2 Å². The minimum absolute atomic E-state index is 0.00602. The molecule has 0 spiro atoms. The maximum absolute atomic E-state index is 13.7. The molecule has 170 valence electrons. The first-order chi connectivity index (χ1) is 15.0. The Kier molecular flexibility index (Phi) is 5.24. The fourth-order valence-corrected chi connectivity index (χ4v) is 5.31. The van der Waals surface area contributed by atoms with Crippen molar-refractivity contribution in [2.24, 2.45) is 29.4 Å². The van der Waals surface area contributed by atoms with Gasteiger partial charge in [0.05, 0.1) is 29.4 Å². The molecule has 0 amide bonds. The minimum Gasteiger partial charge on any atom is -0.507 e. The number of Topliss-reactive ketones (excluding diaryl/α,β-unsaturated/α-hetero) is 2. The number of aromatic hydroxyl groups is 1. The van der Waals surface area contributed by atoms with Gasteiger partial charge in [-0.15, -0.1) is 0 Å². The third-order valence-electron chi connectivity index (χ3n) is 7.19. The second-order valence-electron chi connectivity index (χ2n) is 9.26. The number of carbonyl (C=O) groups excluding carboxylic acids is 4. The molecule has 0 radical (unpaired) electrons. The van der Waals surface area contributed by atoms with E-state index in [0.717, 1.165) is 6.08 Å². The van der Waals surface area contributed by atoms with Gasteiger partial charge in [-0.05, 0) is 25.5 Å². The number of fused-ring (bicyclic) bond motifs is 3. The molecule has 0 unspecified atom stereocenters. The molecule has 2 bridgehead atoms. The van der Waals surface area contributed by atoms with Crippen LogP contribution in [-0.2, 0) is 14.3 Å². The van der Waals surface area contributed by atoms with E-state index in [1.54, 1.807) is 20.8 Å². The van der Waals surface area contributed by atoms with Gasteiger partial charge in [0, 0.05) is 35.0 Å². The summed E-state index contributed by atoms with van der Waals surface area (Å²) >= 11 is 0. The lowest BCUT2D eigenvalue weighted by atomic mass is 9.72. The molecular formula is C24H27NO7. The summed E-state index contributed by atoms with van der Waals surface area (Å²) in [6.07, 6.45) is -0.421. The number of aryl methyl sites for hydroxylation is 1. The summed E-state index contributed by atoms with van der Waals surface area (Å²) in [5.41, 5.74) is 5.42. The lowest BCUT2D eigenvalue weighted by Crippen LogP contribution is -2.60. The highest BCUT2D eigenvalue weighted by atomic mass is 16.6. The number of ketones is 3. The quantitative estimate of drug-likeness (QED) is 0.539. The Morgan fingerprint density at radius 1 is 1.12 bits per heavy atom. The van der Waals surface area contributed by atoms with Crippen molar-refractivity contribution in [1.29, 1.82) is 0 Å². The number of phenolic OH excluding ortho intramolecular Hbond substituents is 1. The molecule has 2 saturated heterocycles. The smallest absolute Gasteiger partial charge is 0.311 e. The number of carbonyl (C=O) groups is 4. The summed E-state index contributed by atoms with van der Waals surface area (Å²) in [6, 6.07) is 1.37. The van der Waals surface area contributed by atoms with Crippen LogP contribution < -0.4 is 5.73 Å². The number of benzene rings is 1. The molecule has 1 aromatic rings. The molecule has 3 aliphatic rings. The van der Waals surface area contributed by atoms with Crippen molar-refractivity contribution in [3.63, 3.8) is 0 Å². The molecule has 2 aliphatic heterocycles. The predicted octanol–water partition coefficient (Wildman–Crippen LogP) is 2.34. The first-order valence-corrected chi connectivity index (χ1v) is 10.8. The molecule has 32 heavy (non-hydrogen) atoms. The second kappa shape index (κ2) is 7.55. The number of allylic oxidation sites excluding steroid dienone is 2. The number of nitrogens with two attached hydrogens (primary N) is 1. The molecule has 2 heterocycles. The van der Waals surface area contributed by atoms with Crippen molar-refractivity contribution in [3.05, 3.63) is 40.1 Å². The zero-order valence-electron chi connectivity index (χ0n) is 18.7. The van der Waals surface area contributed by atoms with E-state index in [2.05, 4.69) is 0 Å². The molecular weight excluding hydrogens is 414 g/mol. The van der Waals surface area contributed by atoms with Crippen LogP contribution in [0.25, 0.3) is 0 Å². The largest absolute Gasteiger partial charge is 0.507 e. The lowest BCUT2D eigenvalue weighted by molar-refractivity contribution is -0.236. The Morgan fingerprint density at radius 3 is 2.44 bits per heavy atom. The minimum atomic E-state index is -0.769. The van der Waals surface area contributed by atoms with E-state index < -0.39 is 47.5 Å². The van der Waals surface area contributed by atoms with Gasteiger partial charge >= 0.3 is 5.97 Å². The van der Waals surface area contributed by atoms with Gasteiger partial charge in [0.15, 0.2) is 11.6 Å². The summed E-state index contributed by atoms with van der Waals surface area (Å²) < 4.78 is 11.9. The average molecular weight is 441 g/mol. The van der Waals surface area contributed by atoms with E-state index in [1.807, 2.05) is 13.8 Å². The van der Waals surface area contributed by atoms with Gasteiger partial charge in [0.2, 0.25) is 5.78 Å². The number of hydrogen-bond acceptors (Lipinski definition) is 8. The number of esters is 1. The number of phenols is 1. The molecule has 7 atom stereocenters.